The molecule has 0 aliphatic heterocycles. The standard InChI is InChI=1S/C15H14BrCl2N/c1-2-14(10-4-3-5-11(16)8-10)19-15-9-12(17)6-7-13(15)18/h3-9,14,19H,2H2,1H3. The van der Waals surface area contributed by atoms with Crippen molar-refractivity contribution in [3.05, 3.63) is 62.5 Å². The lowest BCUT2D eigenvalue weighted by Crippen LogP contribution is -2.10. The fraction of sp³-hybridized carbons (Fsp3) is 0.200. The van der Waals surface area contributed by atoms with Crippen LogP contribution in [-0.2, 0) is 0 Å². The molecular weight excluding hydrogens is 345 g/mol. The van der Waals surface area contributed by atoms with Crippen molar-refractivity contribution < 1.29 is 0 Å². The first-order valence-electron chi connectivity index (χ1n) is 6.07. The van der Waals surface area contributed by atoms with Crippen LogP contribution in [0.3, 0.4) is 0 Å². The molecule has 2 rings (SSSR count). The molecule has 0 fully saturated rings. The highest BCUT2D eigenvalue weighted by molar-refractivity contribution is 9.10. The summed E-state index contributed by atoms with van der Waals surface area (Å²) in [7, 11) is 0. The second-order valence-corrected chi connectivity index (χ2v) is 6.04. The molecule has 100 valence electrons. The van der Waals surface area contributed by atoms with Crippen molar-refractivity contribution >= 4 is 44.8 Å². The van der Waals surface area contributed by atoms with E-state index in [1.165, 1.54) is 5.56 Å². The summed E-state index contributed by atoms with van der Waals surface area (Å²) in [5.41, 5.74) is 2.08. The van der Waals surface area contributed by atoms with Crippen molar-refractivity contribution in [3.63, 3.8) is 0 Å². The molecule has 19 heavy (non-hydrogen) atoms. The van der Waals surface area contributed by atoms with Gasteiger partial charge in [0.2, 0.25) is 0 Å². The molecule has 0 bridgehead atoms. The minimum atomic E-state index is 0.202. The topological polar surface area (TPSA) is 12.0 Å². The highest BCUT2D eigenvalue weighted by atomic mass is 79.9. The third-order valence-corrected chi connectivity index (χ3v) is 3.98. The van der Waals surface area contributed by atoms with E-state index in [1.54, 1.807) is 12.1 Å². The van der Waals surface area contributed by atoms with Gasteiger partial charge in [0.1, 0.15) is 0 Å². The maximum atomic E-state index is 6.19. The van der Waals surface area contributed by atoms with E-state index in [0.717, 1.165) is 16.6 Å². The van der Waals surface area contributed by atoms with Crippen LogP contribution in [0.15, 0.2) is 46.9 Å². The summed E-state index contributed by atoms with van der Waals surface area (Å²) in [6.07, 6.45) is 0.958. The largest absolute Gasteiger partial charge is 0.377 e. The lowest BCUT2D eigenvalue weighted by Gasteiger charge is -2.20. The maximum Gasteiger partial charge on any atom is 0.0638 e. The quantitative estimate of drug-likeness (QED) is 0.674. The predicted molar refractivity (Wildman–Crippen MR) is 87.3 cm³/mol. The average molecular weight is 359 g/mol. The van der Waals surface area contributed by atoms with E-state index in [1.807, 2.05) is 18.2 Å². The number of halogens is 3. The predicted octanol–water partition coefficient (Wildman–Crippen LogP) is 6.32. The average Bonchev–Trinajstić information content (AvgIpc) is 2.39. The first kappa shape index (κ1) is 14.7. The Bertz CT molecular complexity index is 572. The summed E-state index contributed by atoms with van der Waals surface area (Å²) in [6, 6.07) is 13.9. The van der Waals surface area contributed by atoms with Gasteiger partial charge in [-0.1, -0.05) is 58.2 Å². The second kappa shape index (κ2) is 6.65. The smallest absolute Gasteiger partial charge is 0.0638 e. The van der Waals surface area contributed by atoms with E-state index in [0.29, 0.717) is 10.0 Å². The summed E-state index contributed by atoms with van der Waals surface area (Å²) in [5, 5.41) is 4.80. The number of hydrogen-bond acceptors (Lipinski definition) is 1. The first-order valence-corrected chi connectivity index (χ1v) is 7.62. The van der Waals surface area contributed by atoms with Gasteiger partial charge in [-0.2, -0.15) is 0 Å². The molecule has 0 saturated carbocycles. The lowest BCUT2D eigenvalue weighted by molar-refractivity contribution is 0.749. The summed E-state index contributed by atoms with van der Waals surface area (Å²) in [4.78, 5) is 0. The molecule has 0 heterocycles. The zero-order valence-corrected chi connectivity index (χ0v) is 13.6. The van der Waals surface area contributed by atoms with Crippen LogP contribution in [0.5, 0.6) is 0 Å². The van der Waals surface area contributed by atoms with Gasteiger partial charge in [-0.25, -0.2) is 0 Å². The van der Waals surface area contributed by atoms with Gasteiger partial charge in [0, 0.05) is 9.50 Å². The molecule has 1 unspecified atom stereocenters. The molecule has 0 amide bonds. The Morgan fingerprint density at radius 2 is 1.95 bits per heavy atom. The fourth-order valence-electron chi connectivity index (χ4n) is 1.94. The lowest BCUT2D eigenvalue weighted by atomic mass is 10.0. The zero-order chi connectivity index (χ0) is 13.8. The van der Waals surface area contributed by atoms with Gasteiger partial charge in [-0.3, -0.25) is 0 Å². The summed E-state index contributed by atoms with van der Waals surface area (Å²) >= 11 is 15.7. The number of benzene rings is 2. The summed E-state index contributed by atoms with van der Waals surface area (Å²) in [5.74, 6) is 0. The van der Waals surface area contributed by atoms with Crippen LogP contribution >= 0.6 is 39.1 Å². The molecule has 0 radical (unpaired) electrons. The third-order valence-electron chi connectivity index (χ3n) is 2.92. The summed E-state index contributed by atoms with van der Waals surface area (Å²) in [6.45, 7) is 2.14. The Morgan fingerprint density at radius 3 is 2.63 bits per heavy atom. The van der Waals surface area contributed by atoms with Crippen molar-refractivity contribution in [3.8, 4) is 0 Å². The van der Waals surface area contributed by atoms with E-state index in [4.69, 9.17) is 23.2 Å². The number of hydrogen-bond donors (Lipinski definition) is 1. The van der Waals surface area contributed by atoms with Crippen LogP contribution in [0, 0.1) is 0 Å². The van der Waals surface area contributed by atoms with Crippen LogP contribution in [0.1, 0.15) is 24.9 Å². The van der Waals surface area contributed by atoms with Crippen LogP contribution in [-0.4, -0.2) is 0 Å². The molecule has 0 aliphatic rings. The first-order chi connectivity index (χ1) is 9.10. The van der Waals surface area contributed by atoms with E-state index in [-0.39, 0.29) is 6.04 Å². The SMILES string of the molecule is CCC(Nc1cc(Cl)ccc1Cl)c1cccc(Br)c1. The maximum absolute atomic E-state index is 6.19. The monoisotopic (exact) mass is 357 g/mol. The molecule has 2 aromatic rings. The molecule has 1 atom stereocenters. The highest BCUT2D eigenvalue weighted by Crippen LogP contribution is 2.31. The van der Waals surface area contributed by atoms with Gasteiger partial charge >= 0.3 is 0 Å². The van der Waals surface area contributed by atoms with Crippen LogP contribution in [0.2, 0.25) is 10.0 Å². The zero-order valence-electron chi connectivity index (χ0n) is 10.5. The fourth-order valence-corrected chi connectivity index (χ4v) is 2.70. The van der Waals surface area contributed by atoms with Gasteiger partial charge in [-0.05, 0) is 42.3 Å². The molecule has 0 spiro atoms. The van der Waals surface area contributed by atoms with Crippen molar-refractivity contribution in [1.29, 1.82) is 0 Å². The van der Waals surface area contributed by atoms with Gasteiger partial charge in [0.25, 0.3) is 0 Å². The Morgan fingerprint density at radius 1 is 1.16 bits per heavy atom. The third kappa shape index (κ3) is 3.88. The Hall–Kier alpha value is -0.700. The van der Waals surface area contributed by atoms with Gasteiger partial charge in [0.05, 0.1) is 16.8 Å². The molecule has 1 nitrogen and oxygen atoms in total. The van der Waals surface area contributed by atoms with Gasteiger partial charge in [0.15, 0.2) is 0 Å². The Labute approximate surface area is 132 Å². The van der Waals surface area contributed by atoms with E-state index >= 15 is 0 Å². The number of rotatable bonds is 4. The minimum absolute atomic E-state index is 0.202. The normalized spacial score (nSPS) is 12.2. The molecule has 2 aromatic carbocycles. The van der Waals surface area contributed by atoms with Crippen LogP contribution < -0.4 is 5.32 Å². The minimum Gasteiger partial charge on any atom is -0.377 e. The summed E-state index contributed by atoms with van der Waals surface area (Å²) < 4.78 is 1.07. The van der Waals surface area contributed by atoms with Gasteiger partial charge in [-0.15, -0.1) is 0 Å². The van der Waals surface area contributed by atoms with Crippen molar-refractivity contribution in [1.82, 2.24) is 0 Å². The molecule has 0 aromatic heterocycles. The van der Waals surface area contributed by atoms with E-state index < -0.39 is 0 Å². The van der Waals surface area contributed by atoms with Crippen LogP contribution in [0.4, 0.5) is 5.69 Å². The molecule has 4 heteroatoms. The van der Waals surface area contributed by atoms with E-state index in [2.05, 4.69) is 40.3 Å². The molecule has 0 aliphatic carbocycles. The van der Waals surface area contributed by atoms with Crippen molar-refractivity contribution in [2.24, 2.45) is 0 Å². The van der Waals surface area contributed by atoms with Crippen molar-refractivity contribution in [2.75, 3.05) is 5.32 Å². The van der Waals surface area contributed by atoms with Crippen molar-refractivity contribution in [2.45, 2.75) is 19.4 Å². The highest BCUT2D eigenvalue weighted by Gasteiger charge is 2.11. The van der Waals surface area contributed by atoms with Crippen LogP contribution in [0.25, 0.3) is 0 Å². The molecular formula is C15H14BrCl2N. The Balaban J connectivity index is 2.26. The van der Waals surface area contributed by atoms with E-state index in [9.17, 15) is 0 Å². The Kier molecular flexibility index (Phi) is 5.14. The van der Waals surface area contributed by atoms with Gasteiger partial charge < -0.3 is 5.32 Å². The second-order valence-electron chi connectivity index (χ2n) is 4.28. The molecule has 1 N–H and O–H groups in total. The molecule has 0 saturated heterocycles. The number of nitrogens with one attached hydrogen (secondary N) is 1. The number of anilines is 1.